The number of benzene rings is 1. The molecule has 2 heterocycles. The molecule has 0 spiro atoms. The molecule has 0 bridgehead atoms. The van der Waals surface area contributed by atoms with Crippen LogP contribution in [-0.4, -0.2) is 33.5 Å². The minimum Gasteiger partial charge on any atom is -0.478 e. The van der Waals surface area contributed by atoms with Crippen molar-refractivity contribution in [1.29, 1.82) is 0 Å². The van der Waals surface area contributed by atoms with Crippen LogP contribution in [0, 0.1) is 6.92 Å². The van der Waals surface area contributed by atoms with Crippen LogP contribution in [-0.2, 0) is 16.0 Å². The Balaban J connectivity index is 2.12. The number of carbonyl (C=O) groups excluding carboxylic acids is 1. The lowest BCUT2D eigenvalue weighted by Gasteiger charge is -2.01. The Bertz CT molecular complexity index is 1020. The molecular formula is C18H16N4O4. The van der Waals surface area contributed by atoms with Gasteiger partial charge in [-0.05, 0) is 30.7 Å². The molecule has 132 valence electrons. The molecule has 3 aromatic rings. The number of hydrogen-bond donors (Lipinski definition) is 1. The van der Waals surface area contributed by atoms with Crippen molar-refractivity contribution in [1.82, 2.24) is 9.38 Å². The number of aryl methyl sites for hydroxylation is 1. The summed E-state index contributed by atoms with van der Waals surface area (Å²) in [6.45, 7) is 1.89. The van der Waals surface area contributed by atoms with Crippen molar-refractivity contribution < 1.29 is 19.4 Å². The first kappa shape index (κ1) is 17.3. The molecule has 0 fully saturated rings. The van der Waals surface area contributed by atoms with Crippen molar-refractivity contribution in [3.8, 4) is 0 Å². The van der Waals surface area contributed by atoms with Crippen LogP contribution in [0.2, 0.25) is 0 Å². The number of aromatic carboxylic acids is 1. The van der Waals surface area contributed by atoms with E-state index < -0.39 is 11.9 Å². The molecule has 0 aliphatic heterocycles. The van der Waals surface area contributed by atoms with Gasteiger partial charge in [0, 0.05) is 6.20 Å². The van der Waals surface area contributed by atoms with E-state index in [1.807, 2.05) is 19.1 Å². The van der Waals surface area contributed by atoms with E-state index in [1.54, 1.807) is 28.8 Å². The molecule has 0 saturated heterocycles. The largest absolute Gasteiger partial charge is 0.478 e. The van der Waals surface area contributed by atoms with Crippen LogP contribution in [0.15, 0.2) is 52.8 Å². The summed E-state index contributed by atoms with van der Waals surface area (Å²) < 4.78 is 6.42. The van der Waals surface area contributed by atoms with Gasteiger partial charge in [0.2, 0.25) is 0 Å². The zero-order valence-corrected chi connectivity index (χ0v) is 14.2. The third kappa shape index (κ3) is 3.30. The van der Waals surface area contributed by atoms with Crippen molar-refractivity contribution in [2.45, 2.75) is 13.3 Å². The van der Waals surface area contributed by atoms with E-state index in [1.165, 1.54) is 13.2 Å². The average molecular weight is 352 g/mol. The maximum Gasteiger partial charge on any atom is 0.337 e. The molecule has 0 radical (unpaired) electrons. The fourth-order valence-corrected chi connectivity index (χ4v) is 2.51. The minimum absolute atomic E-state index is 0.0377. The van der Waals surface area contributed by atoms with Gasteiger partial charge in [0.1, 0.15) is 11.3 Å². The second-order valence-corrected chi connectivity index (χ2v) is 5.54. The standard InChI is InChI=1S/C18H16N4O4/c1-11-6-5-9-22-16(11)19-14(10-15(23)26-2)17(22)21-20-13-8-4-3-7-12(13)18(24)25/h3-9H,10H2,1-2H3,(H,24,25). The lowest BCUT2D eigenvalue weighted by atomic mass is 10.2. The predicted molar refractivity (Wildman–Crippen MR) is 93.2 cm³/mol. The van der Waals surface area contributed by atoms with Crippen LogP contribution in [0.1, 0.15) is 21.6 Å². The van der Waals surface area contributed by atoms with Gasteiger partial charge < -0.3 is 9.84 Å². The normalized spacial score (nSPS) is 11.2. The van der Waals surface area contributed by atoms with Crippen LogP contribution < -0.4 is 0 Å². The predicted octanol–water partition coefficient (Wildman–Crippen LogP) is 3.47. The highest BCUT2D eigenvalue weighted by Crippen LogP contribution is 2.27. The molecule has 3 rings (SSSR count). The summed E-state index contributed by atoms with van der Waals surface area (Å²) in [5.41, 5.74) is 2.21. The van der Waals surface area contributed by atoms with Gasteiger partial charge in [-0.1, -0.05) is 18.2 Å². The second kappa shape index (κ2) is 7.14. The Morgan fingerprint density at radius 1 is 1.19 bits per heavy atom. The SMILES string of the molecule is COC(=O)Cc1nc2c(C)cccn2c1N=Nc1ccccc1C(=O)O. The van der Waals surface area contributed by atoms with E-state index in [9.17, 15) is 14.7 Å². The number of pyridine rings is 1. The number of nitrogens with zero attached hydrogens (tertiary/aromatic N) is 4. The third-order valence-electron chi connectivity index (χ3n) is 3.82. The van der Waals surface area contributed by atoms with Crippen LogP contribution in [0.3, 0.4) is 0 Å². The van der Waals surface area contributed by atoms with Gasteiger partial charge in [0.15, 0.2) is 5.82 Å². The Hall–Kier alpha value is -3.55. The topological polar surface area (TPSA) is 106 Å². The first-order chi connectivity index (χ1) is 12.5. The Labute approximate surface area is 148 Å². The first-order valence-electron chi connectivity index (χ1n) is 7.78. The highest BCUT2D eigenvalue weighted by Gasteiger charge is 2.17. The van der Waals surface area contributed by atoms with E-state index in [0.717, 1.165) is 5.56 Å². The monoisotopic (exact) mass is 352 g/mol. The van der Waals surface area contributed by atoms with E-state index in [-0.39, 0.29) is 17.7 Å². The molecule has 8 heteroatoms. The van der Waals surface area contributed by atoms with E-state index in [0.29, 0.717) is 17.2 Å². The van der Waals surface area contributed by atoms with Crippen molar-refractivity contribution in [3.63, 3.8) is 0 Å². The quantitative estimate of drug-likeness (QED) is 0.559. The van der Waals surface area contributed by atoms with Crippen molar-refractivity contribution in [2.75, 3.05) is 7.11 Å². The maximum absolute atomic E-state index is 11.7. The fourth-order valence-electron chi connectivity index (χ4n) is 2.51. The number of ether oxygens (including phenoxy) is 1. The van der Waals surface area contributed by atoms with Gasteiger partial charge in [0.25, 0.3) is 0 Å². The molecule has 8 nitrogen and oxygen atoms in total. The second-order valence-electron chi connectivity index (χ2n) is 5.54. The number of azo groups is 1. The van der Waals surface area contributed by atoms with Crippen molar-refractivity contribution in [3.05, 3.63) is 59.4 Å². The molecule has 26 heavy (non-hydrogen) atoms. The van der Waals surface area contributed by atoms with E-state index >= 15 is 0 Å². The molecule has 1 N–H and O–H groups in total. The van der Waals surface area contributed by atoms with E-state index in [4.69, 9.17) is 4.74 Å². The van der Waals surface area contributed by atoms with Crippen LogP contribution >= 0.6 is 0 Å². The van der Waals surface area contributed by atoms with Crippen LogP contribution in [0.25, 0.3) is 5.65 Å². The Morgan fingerprint density at radius 3 is 2.69 bits per heavy atom. The molecule has 0 atom stereocenters. The molecule has 0 amide bonds. The summed E-state index contributed by atoms with van der Waals surface area (Å²) >= 11 is 0. The van der Waals surface area contributed by atoms with Gasteiger partial charge >= 0.3 is 11.9 Å². The number of esters is 1. The van der Waals surface area contributed by atoms with Crippen LogP contribution in [0.5, 0.6) is 0 Å². The number of aromatic nitrogens is 2. The lowest BCUT2D eigenvalue weighted by molar-refractivity contribution is -0.139. The summed E-state index contributed by atoms with van der Waals surface area (Å²) in [4.78, 5) is 27.5. The summed E-state index contributed by atoms with van der Waals surface area (Å²) in [5, 5.41) is 17.5. The van der Waals surface area contributed by atoms with E-state index in [2.05, 4.69) is 15.2 Å². The highest BCUT2D eigenvalue weighted by molar-refractivity contribution is 5.93. The minimum atomic E-state index is -1.09. The number of rotatable bonds is 5. The Morgan fingerprint density at radius 2 is 1.96 bits per heavy atom. The highest BCUT2D eigenvalue weighted by atomic mass is 16.5. The lowest BCUT2D eigenvalue weighted by Crippen LogP contribution is -2.04. The number of carbonyl (C=O) groups is 2. The molecule has 0 unspecified atom stereocenters. The smallest absolute Gasteiger partial charge is 0.337 e. The third-order valence-corrected chi connectivity index (χ3v) is 3.82. The fraction of sp³-hybridized carbons (Fsp3) is 0.167. The van der Waals surface area contributed by atoms with Gasteiger partial charge in [-0.25, -0.2) is 9.78 Å². The number of methoxy groups -OCH3 is 1. The summed E-state index contributed by atoms with van der Waals surface area (Å²) in [7, 11) is 1.30. The number of carboxylic acids is 1. The molecule has 0 aliphatic rings. The van der Waals surface area contributed by atoms with Gasteiger partial charge in [-0.15, -0.1) is 10.2 Å². The number of hydrogen-bond acceptors (Lipinski definition) is 6. The molecule has 0 aliphatic carbocycles. The summed E-state index contributed by atoms with van der Waals surface area (Å²) in [6.07, 6.45) is 1.69. The maximum atomic E-state index is 11.7. The number of imidazole rings is 1. The Kier molecular flexibility index (Phi) is 4.74. The van der Waals surface area contributed by atoms with Gasteiger partial charge in [-0.2, -0.15) is 0 Å². The zero-order valence-electron chi connectivity index (χ0n) is 14.2. The van der Waals surface area contributed by atoms with Crippen LogP contribution in [0.4, 0.5) is 11.5 Å². The van der Waals surface area contributed by atoms with Gasteiger partial charge in [-0.3, -0.25) is 9.20 Å². The molecule has 2 aromatic heterocycles. The summed E-state index contributed by atoms with van der Waals surface area (Å²) in [5.74, 6) is -1.19. The first-order valence-corrected chi connectivity index (χ1v) is 7.78. The molecular weight excluding hydrogens is 336 g/mol. The van der Waals surface area contributed by atoms with Crippen molar-refractivity contribution in [2.24, 2.45) is 10.2 Å². The average Bonchev–Trinajstić information content (AvgIpc) is 2.98. The zero-order chi connectivity index (χ0) is 18.7. The van der Waals surface area contributed by atoms with Gasteiger partial charge in [0.05, 0.1) is 24.8 Å². The molecule has 0 saturated carbocycles. The number of carboxylic acid groups (broad SMARTS) is 1. The molecule has 1 aromatic carbocycles. The number of fused-ring (bicyclic) bond motifs is 1. The summed E-state index contributed by atoms with van der Waals surface area (Å²) in [6, 6.07) is 10.0. The van der Waals surface area contributed by atoms with Crippen molar-refractivity contribution >= 4 is 29.1 Å².